The predicted molar refractivity (Wildman–Crippen MR) is 44.8 cm³/mol. The molecule has 0 aliphatic heterocycles. The van der Waals surface area contributed by atoms with Crippen molar-refractivity contribution in [1.82, 2.24) is 0 Å². The van der Waals surface area contributed by atoms with Gasteiger partial charge in [-0.3, -0.25) is 4.79 Å². The first kappa shape index (κ1) is 10.0. The zero-order valence-electron chi connectivity index (χ0n) is 7.51. The Balaban J connectivity index is 2.38. The van der Waals surface area contributed by atoms with E-state index in [9.17, 15) is 18.0 Å². The van der Waals surface area contributed by atoms with E-state index >= 15 is 0 Å². The monoisotopic (exact) mass is 216 g/mol. The maximum atomic E-state index is 13.2. The molecule has 0 heterocycles. The van der Waals surface area contributed by atoms with Crippen molar-refractivity contribution in [2.75, 3.05) is 0 Å². The molecule has 1 aliphatic rings. The van der Waals surface area contributed by atoms with Crippen molar-refractivity contribution in [3.63, 3.8) is 0 Å². The lowest BCUT2D eigenvalue weighted by molar-refractivity contribution is -0.138. The summed E-state index contributed by atoms with van der Waals surface area (Å²) in [7, 11) is 0. The summed E-state index contributed by atoms with van der Waals surface area (Å²) in [5, 5.41) is 8.60. The number of hydrogen-bond acceptors (Lipinski definition) is 1. The van der Waals surface area contributed by atoms with Gasteiger partial charge in [0, 0.05) is 11.5 Å². The van der Waals surface area contributed by atoms with Crippen LogP contribution in [0, 0.1) is 23.4 Å². The van der Waals surface area contributed by atoms with Crippen LogP contribution in [-0.4, -0.2) is 11.1 Å². The molecular weight excluding hydrogens is 209 g/mol. The molecule has 1 N–H and O–H groups in total. The molecule has 2 unspecified atom stereocenters. The standard InChI is InChI=1S/C10H7F3O2/c11-6-1-2-7(12)9(13)8(6)4-3-5(4)10(14)15/h1-2,4-5H,3H2,(H,14,15). The Morgan fingerprint density at radius 2 is 1.87 bits per heavy atom. The third kappa shape index (κ3) is 1.58. The van der Waals surface area contributed by atoms with Crippen LogP contribution in [0.25, 0.3) is 0 Å². The largest absolute Gasteiger partial charge is 0.481 e. The van der Waals surface area contributed by atoms with Crippen molar-refractivity contribution in [2.45, 2.75) is 12.3 Å². The summed E-state index contributed by atoms with van der Waals surface area (Å²) >= 11 is 0. The number of carboxylic acid groups (broad SMARTS) is 1. The first-order valence-electron chi connectivity index (χ1n) is 4.38. The Morgan fingerprint density at radius 1 is 1.27 bits per heavy atom. The summed E-state index contributed by atoms with van der Waals surface area (Å²) in [5.41, 5.74) is -0.442. The van der Waals surface area contributed by atoms with Crippen molar-refractivity contribution in [1.29, 1.82) is 0 Å². The highest BCUT2D eigenvalue weighted by Crippen LogP contribution is 2.49. The van der Waals surface area contributed by atoms with E-state index in [4.69, 9.17) is 5.11 Å². The van der Waals surface area contributed by atoms with Crippen LogP contribution in [0.5, 0.6) is 0 Å². The number of hydrogen-bond donors (Lipinski definition) is 1. The Kier molecular flexibility index (Phi) is 2.17. The van der Waals surface area contributed by atoms with E-state index in [1.165, 1.54) is 0 Å². The zero-order chi connectivity index (χ0) is 11.2. The molecule has 2 rings (SSSR count). The second kappa shape index (κ2) is 3.25. The van der Waals surface area contributed by atoms with E-state index in [2.05, 4.69) is 0 Å². The van der Waals surface area contributed by atoms with Crippen molar-refractivity contribution in [3.8, 4) is 0 Å². The lowest BCUT2D eigenvalue weighted by atomic mass is 10.1. The number of halogens is 3. The summed E-state index contributed by atoms with van der Waals surface area (Å²) in [4.78, 5) is 10.5. The maximum Gasteiger partial charge on any atom is 0.307 e. The van der Waals surface area contributed by atoms with Crippen LogP contribution in [0.2, 0.25) is 0 Å². The Morgan fingerprint density at radius 3 is 2.40 bits per heavy atom. The van der Waals surface area contributed by atoms with Crippen molar-refractivity contribution >= 4 is 5.97 Å². The van der Waals surface area contributed by atoms with Gasteiger partial charge in [-0.15, -0.1) is 0 Å². The minimum atomic E-state index is -1.27. The fraction of sp³-hybridized carbons (Fsp3) is 0.300. The molecule has 80 valence electrons. The van der Waals surface area contributed by atoms with Crippen molar-refractivity contribution in [3.05, 3.63) is 35.1 Å². The number of carboxylic acids is 1. The fourth-order valence-corrected chi connectivity index (χ4v) is 1.67. The van der Waals surface area contributed by atoms with Gasteiger partial charge in [0.05, 0.1) is 5.92 Å². The summed E-state index contributed by atoms with van der Waals surface area (Å²) in [6.45, 7) is 0. The zero-order valence-corrected chi connectivity index (χ0v) is 7.51. The molecule has 1 aliphatic carbocycles. The van der Waals surface area contributed by atoms with Gasteiger partial charge < -0.3 is 5.11 Å². The predicted octanol–water partition coefficient (Wildman–Crippen LogP) is 2.29. The molecule has 5 heteroatoms. The molecule has 0 aromatic heterocycles. The summed E-state index contributed by atoms with van der Waals surface area (Å²) in [6, 6.07) is 1.50. The first-order valence-corrected chi connectivity index (χ1v) is 4.38. The van der Waals surface area contributed by atoms with Crippen LogP contribution in [-0.2, 0) is 4.79 Å². The molecule has 1 fully saturated rings. The normalized spacial score (nSPS) is 23.9. The molecule has 1 saturated carbocycles. The quantitative estimate of drug-likeness (QED) is 0.770. The third-order valence-electron chi connectivity index (χ3n) is 2.56. The minimum Gasteiger partial charge on any atom is -0.481 e. The van der Waals surface area contributed by atoms with E-state index in [1.807, 2.05) is 0 Å². The highest BCUT2D eigenvalue weighted by Gasteiger charge is 2.47. The Hall–Kier alpha value is -1.52. The van der Waals surface area contributed by atoms with Gasteiger partial charge in [-0.25, -0.2) is 13.2 Å². The van der Waals surface area contributed by atoms with E-state index in [1.54, 1.807) is 0 Å². The lowest BCUT2D eigenvalue weighted by Gasteiger charge is -2.03. The highest BCUT2D eigenvalue weighted by molar-refractivity contribution is 5.75. The minimum absolute atomic E-state index is 0.159. The average molecular weight is 216 g/mol. The molecule has 1 aromatic carbocycles. The van der Waals surface area contributed by atoms with E-state index in [0.717, 1.165) is 6.07 Å². The summed E-state index contributed by atoms with van der Waals surface area (Å²) in [6.07, 6.45) is 0.159. The average Bonchev–Trinajstić information content (AvgIpc) is 2.92. The van der Waals surface area contributed by atoms with E-state index in [0.29, 0.717) is 6.07 Å². The molecule has 0 bridgehead atoms. The molecule has 1 aromatic rings. The van der Waals surface area contributed by atoms with Crippen LogP contribution < -0.4 is 0 Å². The molecule has 2 atom stereocenters. The molecule has 2 nitrogen and oxygen atoms in total. The summed E-state index contributed by atoms with van der Waals surface area (Å²) in [5.74, 6) is -5.95. The van der Waals surface area contributed by atoms with Gasteiger partial charge in [0.15, 0.2) is 11.6 Å². The van der Waals surface area contributed by atoms with Gasteiger partial charge in [-0.2, -0.15) is 0 Å². The number of rotatable bonds is 2. The summed E-state index contributed by atoms with van der Waals surface area (Å²) < 4.78 is 39.1. The van der Waals surface area contributed by atoms with Crippen LogP contribution in [0.4, 0.5) is 13.2 Å². The van der Waals surface area contributed by atoms with Crippen LogP contribution in [0.3, 0.4) is 0 Å². The molecule has 0 amide bonds. The van der Waals surface area contributed by atoms with Gasteiger partial charge in [-0.05, 0) is 18.6 Å². The third-order valence-corrected chi connectivity index (χ3v) is 2.56. The van der Waals surface area contributed by atoms with Gasteiger partial charge in [0.2, 0.25) is 0 Å². The number of aliphatic carboxylic acids is 1. The van der Waals surface area contributed by atoms with Crippen molar-refractivity contribution < 1.29 is 23.1 Å². The Labute approximate surface area is 83.3 Å². The van der Waals surface area contributed by atoms with Crippen LogP contribution >= 0.6 is 0 Å². The highest BCUT2D eigenvalue weighted by atomic mass is 19.2. The van der Waals surface area contributed by atoms with Gasteiger partial charge in [0.1, 0.15) is 5.82 Å². The maximum absolute atomic E-state index is 13.2. The lowest BCUT2D eigenvalue weighted by Crippen LogP contribution is -2.03. The molecule has 0 saturated heterocycles. The molecule has 15 heavy (non-hydrogen) atoms. The van der Waals surface area contributed by atoms with Crippen LogP contribution in [0.1, 0.15) is 17.9 Å². The van der Waals surface area contributed by atoms with Gasteiger partial charge >= 0.3 is 5.97 Å². The second-order valence-corrected chi connectivity index (χ2v) is 3.54. The fourth-order valence-electron chi connectivity index (χ4n) is 1.67. The van der Waals surface area contributed by atoms with Gasteiger partial charge in [-0.1, -0.05) is 0 Å². The number of carbonyl (C=O) groups is 1. The number of benzene rings is 1. The van der Waals surface area contributed by atoms with Crippen LogP contribution in [0.15, 0.2) is 12.1 Å². The SMILES string of the molecule is O=C(O)C1CC1c1c(F)ccc(F)c1F. The molecule has 0 radical (unpaired) electrons. The Bertz CT molecular complexity index is 431. The van der Waals surface area contributed by atoms with Crippen molar-refractivity contribution in [2.24, 2.45) is 5.92 Å². The smallest absolute Gasteiger partial charge is 0.307 e. The second-order valence-electron chi connectivity index (χ2n) is 3.54. The first-order chi connectivity index (χ1) is 7.02. The van der Waals surface area contributed by atoms with E-state index in [-0.39, 0.29) is 6.42 Å². The topological polar surface area (TPSA) is 37.3 Å². The molecule has 0 spiro atoms. The van der Waals surface area contributed by atoms with E-state index < -0.39 is 40.8 Å². The molecular formula is C10H7F3O2. The van der Waals surface area contributed by atoms with Gasteiger partial charge in [0.25, 0.3) is 0 Å².